The maximum Gasteiger partial charge on any atom is 0.277 e. The summed E-state index contributed by atoms with van der Waals surface area (Å²) >= 11 is 1.26. The molecule has 2 atom stereocenters. The molecule has 0 unspecified atom stereocenters. The highest BCUT2D eigenvalue weighted by molar-refractivity contribution is 7.99. The molecule has 0 spiro atoms. The molecule has 1 amide bonds. The van der Waals surface area contributed by atoms with Gasteiger partial charge in [-0.1, -0.05) is 25.6 Å². The fourth-order valence-electron chi connectivity index (χ4n) is 3.44. The number of carbonyl (C=O) groups is 1. The molecule has 0 radical (unpaired) electrons. The second kappa shape index (κ2) is 8.65. The van der Waals surface area contributed by atoms with Crippen LogP contribution in [0.2, 0.25) is 0 Å². The predicted molar refractivity (Wildman–Crippen MR) is 103 cm³/mol. The van der Waals surface area contributed by atoms with Crippen molar-refractivity contribution < 1.29 is 18.7 Å². The standard InChI is InChI=1S/C19H25N3O4S/c1-12-7-13(2)10-22(9-12)17(23)11-27-19-21-20-18(26-19)15-8-14(24-3)5-6-16(15)25-4/h5-6,8,12-13H,7,9-11H2,1-4H3/t12-,13+. The molecule has 3 rings (SSSR count). The topological polar surface area (TPSA) is 77.7 Å². The quantitative estimate of drug-likeness (QED) is 0.699. The first-order valence-corrected chi connectivity index (χ1v) is 9.95. The lowest BCUT2D eigenvalue weighted by molar-refractivity contribution is -0.130. The van der Waals surface area contributed by atoms with Gasteiger partial charge in [-0.15, -0.1) is 10.2 Å². The van der Waals surface area contributed by atoms with E-state index in [1.165, 1.54) is 18.2 Å². The van der Waals surface area contributed by atoms with Crippen molar-refractivity contribution >= 4 is 17.7 Å². The van der Waals surface area contributed by atoms with Crippen molar-refractivity contribution in [3.63, 3.8) is 0 Å². The van der Waals surface area contributed by atoms with Gasteiger partial charge in [0.25, 0.3) is 11.1 Å². The summed E-state index contributed by atoms with van der Waals surface area (Å²) in [5.41, 5.74) is 0.654. The number of benzene rings is 1. The second-order valence-corrected chi connectivity index (χ2v) is 7.90. The summed E-state index contributed by atoms with van der Waals surface area (Å²) in [6.45, 7) is 6.02. The summed E-state index contributed by atoms with van der Waals surface area (Å²) in [6, 6.07) is 5.36. The average molecular weight is 391 g/mol. The largest absolute Gasteiger partial charge is 0.497 e. The third-order valence-electron chi connectivity index (χ3n) is 4.58. The van der Waals surface area contributed by atoms with E-state index < -0.39 is 0 Å². The molecular weight excluding hydrogens is 366 g/mol. The first-order chi connectivity index (χ1) is 13.0. The molecule has 0 saturated carbocycles. The van der Waals surface area contributed by atoms with Gasteiger partial charge < -0.3 is 18.8 Å². The molecule has 1 saturated heterocycles. The summed E-state index contributed by atoms with van der Waals surface area (Å²) in [5.74, 6) is 3.09. The van der Waals surface area contributed by atoms with E-state index in [0.717, 1.165) is 13.1 Å². The van der Waals surface area contributed by atoms with E-state index in [2.05, 4.69) is 24.0 Å². The molecular formula is C19H25N3O4S. The third kappa shape index (κ3) is 4.74. The van der Waals surface area contributed by atoms with Crippen LogP contribution in [-0.2, 0) is 4.79 Å². The Morgan fingerprint density at radius 2 is 1.96 bits per heavy atom. The van der Waals surface area contributed by atoms with Gasteiger partial charge in [-0.2, -0.15) is 0 Å². The second-order valence-electron chi connectivity index (χ2n) is 6.97. The minimum Gasteiger partial charge on any atom is -0.497 e. The number of amides is 1. The number of likely N-dealkylation sites (tertiary alicyclic amines) is 1. The van der Waals surface area contributed by atoms with Crippen LogP contribution in [0.3, 0.4) is 0 Å². The monoisotopic (exact) mass is 391 g/mol. The van der Waals surface area contributed by atoms with Gasteiger partial charge in [-0.05, 0) is 36.5 Å². The molecule has 146 valence electrons. The van der Waals surface area contributed by atoms with Crippen LogP contribution < -0.4 is 9.47 Å². The first kappa shape index (κ1) is 19.5. The van der Waals surface area contributed by atoms with Crippen LogP contribution in [0.4, 0.5) is 0 Å². The molecule has 0 N–H and O–H groups in total. The van der Waals surface area contributed by atoms with Crippen LogP contribution in [-0.4, -0.2) is 54.1 Å². The molecule has 1 aliphatic rings. The Hall–Kier alpha value is -2.22. The van der Waals surface area contributed by atoms with E-state index in [1.54, 1.807) is 32.4 Å². The molecule has 1 aliphatic heterocycles. The number of aromatic nitrogens is 2. The molecule has 27 heavy (non-hydrogen) atoms. The van der Waals surface area contributed by atoms with E-state index >= 15 is 0 Å². The molecule has 1 aromatic carbocycles. The molecule has 0 aliphatic carbocycles. The van der Waals surface area contributed by atoms with Crippen molar-refractivity contribution in [3.05, 3.63) is 18.2 Å². The number of carbonyl (C=O) groups excluding carboxylic acids is 1. The van der Waals surface area contributed by atoms with Crippen LogP contribution in [0.15, 0.2) is 27.8 Å². The Morgan fingerprint density at radius 1 is 1.22 bits per heavy atom. The molecule has 8 heteroatoms. The van der Waals surface area contributed by atoms with E-state index in [1.807, 2.05) is 4.90 Å². The highest BCUT2D eigenvalue weighted by Crippen LogP contribution is 2.34. The molecule has 1 fully saturated rings. The lowest BCUT2D eigenvalue weighted by Gasteiger charge is -2.34. The average Bonchev–Trinajstić information content (AvgIpc) is 3.13. The predicted octanol–water partition coefficient (Wildman–Crippen LogP) is 3.35. The maximum atomic E-state index is 12.5. The van der Waals surface area contributed by atoms with Gasteiger partial charge in [0.1, 0.15) is 11.5 Å². The molecule has 0 bridgehead atoms. The third-order valence-corrected chi connectivity index (χ3v) is 5.39. The minimum atomic E-state index is 0.108. The summed E-state index contributed by atoms with van der Waals surface area (Å²) in [7, 11) is 3.17. The number of hydrogen-bond acceptors (Lipinski definition) is 7. The number of piperidine rings is 1. The van der Waals surface area contributed by atoms with E-state index in [-0.39, 0.29) is 11.7 Å². The number of rotatable bonds is 6. The molecule has 7 nitrogen and oxygen atoms in total. The van der Waals surface area contributed by atoms with Crippen molar-refractivity contribution in [3.8, 4) is 23.0 Å². The highest BCUT2D eigenvalue weighted by atomic mass is 32.2. The van der Waals surface area contributed by atoms with Crippen LogP contribution >= 0.6 is 11.8 Å². The maximum absolute atomic E-state index is 12.5. The van der Waals surface area contributed by atoms with Crippen molar-refractivity contribution in [2.75, 3.05) is 33.1 Å². The van der Waals surface area contributed by atoms with Gasteiger partial charge in [0.2, 0.25) is 5.91 Å². The van der Waals surface area contributed by atoms with E-state index in [0.29, 0.717) is 40.0 Å². The number of nitrogens with zero attached hydrogens (tertiary/aromatic N) is 3. The van der Waals surface area contributed by atoms with Gasteiger partial charge >= 0.3 is 0 Å². The normalized spacial score (nSPS) is 19.8. The van der Waals surface area contributed by atoms with Gasteiger partial charge in [0.05, 0.1) is 25.5 Å². The van der Waals surface area contributed by atoms with Crippen molar-refractivity contribution in [1.29, 1.82) is 0 Å². The van der Waals surface area contributed by atoms with Gasteiger partial charge in [-0.25, -0.2) is 0 Å². The van der Waals surface area contributed by atoms with Crippen molar-refractivity contribution in [2.24, 2.45) is 11.8 Å². The zero-order valence-corrected chi connectivity index (χ0v) is 16.9. The Bertz CT molecular complexity index is 785. The summed E-state index contributed by atoms with van der Waals surface area (Å²) < 4.78 is 16.3. The lowest BCUT2D eigenvalue weighted by Crippen LogP contribution is -2.43. The first-order valence-electron chi connectivity index (χ1n) is 8.96. The van der Waals surface area contributed by atoms with Crippen LogP contribution in [0.5, 0.6) is 11.5 Å². The number of methoxy groups -OCH3 is 2. The van der Waals surface area contributed by atoms with Crippen molar-refractivity contribution in [1.82, 2.24) is 15.1 Å². The van der Waals surface area contributed by atoms with Gasteiger partial charge in [-0.3, -0.25) is 4.79 Å². The summed E-state index contributed by atoms with van der Waals surface area (Å²) in [5, 5.41) is 8.50. The Kier molecular flexibility index (Phi) is 6.26. The molecule has 2 heterocycles. The van der Waals surface area contributed by atoms with Crippen LogP contribution in [0.25, 0.3) is 11.5 Å². The fraction of sp³-hybridized carbons (Fsp3) is 0.526. The lowest BCUT2D eigenvalue weighted by atomic mass is 9.92. The van der Waals surface area contributed by atoms with Gasteiger partial charge in [0.15, 0.2) is 0 Å². The van der Waals surface area contributed by atoms with E-state index in [4.69, 9.17) is 13.9 Å². The molecule has 1 aromatic heterocycles. The SMILES string of the molecule is COc1ccc(OC)c(-c2nnc(SCC(=O)N3C[C@H](C)C[C@H](C)C3)o2)c1. The summed E-state index contributed by atoms with van der Waals surface area (Å²) in [4.78, 5) is 14.4. The zero-order valence-electron chi connectivity index (χ0n) is 16.1. The number of ether oxygens (including phenoxy) is 2. The highest BCUT2D eigenvalue weighted by Gasteiger charge is 2.25. The van der Waals surface area contributed by atoms with Crippen molar-refractivity contribution in [2.45, 2.75) is 25.5 Å². The van der Waals surface area contributed by atoms with Crippen LogP contribution in [0.1, 0.15) is 20.3 Å². The fourth-order valence-corrected chi connectivity index (χ4v) is 4.11. The Labute approximate surface area is 163 Å². The van der Waals surface area contributed by atoms with E-state index in [9.17, 15) is 4.79 Å². The minimum absolute atomic E-state index is 0.108. The number of thioether (sulfide) groups is 1. The smallest absolute Gasteiger partial charge is 0.277 e. The number of hydrogen-bond donors (Lipinski definition) is 0. The zero-order chi connectivity index (χ0) is 19.4. The van der Waals surface area contributed by atoms with Crippen LogP contribution in [0, 0.1) is 11.8 Å². The Morgan fingerprint density at radius 3 is 2.63 bits per heavy atom. The molecule has 2 aromatic rings. The Balaban J connectivity index is 1.65. The summed E-state index contributed by atoms with van der Waals surface area (Å²) in [6.07, 6.45) is 1.17. The van der Waals surface area contributed by atoms with Gasteiger partial charge in [0, 0.05) is 13.1 Å².